The lowest BCUT2D eigenvalue weighted by Crippen LogP contribution is -2.05. The van der Waals surface area contributed by atoms with Gasteiger partial charge in [-0.2, -0.15) is 4.98 Å². The molecule has 0 spiro atoms. The predicted molar refractivity (Wildman–Crippen MR) is 92.0 cm³/mol. The van der Waals surface area contributed by atoms with Gasteiger partial charge in [0.15, 0.2) is 5.82 Å². The van der Waals surface area contributed by atoms with E-state index in [0.717, 1.165) is 34.0 Å². The molecule has 1 N–H and O–H groups in total. The maximum absolute atomic E-state index is 5.97. The van der Waals surface area contributed by atoms with Crippen LogP contribution in [0.2, 0.25) is 0 Å². The first kappa shape index (κ1) is 14.7. The molecule has 0 radical (unpaired) electrons. The number of nitrogens with one attached hydrogen (secondary N) is 1. The summed E-state index contributed by atoms with van der Waals surface area (Å²) in [4.78, 5) is 12.2. The van der Waals surface area contributed by atoms with Gasteiger partial charge in [0, 0.05) is 17.2 Å². The van der Waals surface area contributed by atoms with Crippen molar-refractivity contribution in [3.05, 3.63) is 36.3 Å². The number of hydrogen-bond donors (Lipinski definition) is 1. The van der Waals surface area contributed by atoms with E-state index in [9.17, 15) is 0 Å². The number of nitrogens with zero attached hydrogens (tertiary/aromatic N) is 3. The lowest BCUT2D eigenvalue weighted by atomic mass is 10.1. The summed E-state index contributed by atoms with van der Waals surface area (Å²) in [6.45, 7) is 6.03. The maximum atomic E-state index is 5.97. The highest BCUT2D eigenvalue weighted by Crippen LogP contribution is 2.34. The van der Waals surface area contributed by atoms with Crippen molar-refractivity contribution in [2.45, 2.75) is 33.3 Å². The molecule has 0 saturated carbocycles. The predicted octanol–water partition coefficient (Wildman–Crippen LogP) is 4.12. The number of hydrogen-bond acceptors (Lipinski definition) is 5. The Kier molecular flexibility index (Phi) is 3.45. The normalized spacial score (nSPS) is 11.7. The lowest BCUT2D eigenvalue weighted by Gasteiger charge is -2.10. The first-order valence-corrected chi connectivity index (χ1v) is 8.05. The van der Waals surface area contributed by atoms with Crippen LogP contribution < -0.4 is 4.74 Å². The van der Waals surface area contributed by atoms with Crippen LogP contribution in [0.1, 0.15) is 26.6 Å². The summed E-state index contributed by atoms with van der Waals surface area (Å²) in [7, 11) is 0. The molecule has 0 saturated heterocycles. The van der Waals surface area contributed by atoms with Gasteiger partial charge >= 0.3 is 0 Å². The van der Waals surface area contributed by atoms with Crippen LogP contribution >= 0.6 is 0 Å². The van der Waals surface area contributed by atoms with Crippen LogP contribution in [0.4, 0.5) is 0 Å². The first-order valence-electron chi connectivity index (χ1n) is 8.05. The van der Waals surface area contributed by atoms with Gasteiger partial charge in [-0.05, 0) is 32.0 Å². The van der Waals surface area contributed by atoms with E-state index in [1.54, 1.807) is 6.20 Å². The average Bonchev–Trinajstić information content (AvgIpc) is 3.18. The summed E-state index contributed by atoms with van der Waals surface area (Å²) >= 11 is 0. The summed E-state index contributed by atoms with van der Waals surface area (Å²) in [5, 5.41) is 6.01. The fraction of sp³-hybridized carbons (Fsp3) is 0.278. The minimum Gasteiger partial charge on any atom is -0.490 e. The monoisotopic (exact) mass is 322 g/mol. The molecule has 3 aromatic heterocycles. The van der Waals surface area contributed by atoms with Gasteiger partial charge in [-0.3, -0.25) is 0 Å². The second kappa shape index (κ2) is 5.63. The van der Waals surface area contributed by atoms with E-state index in [4.69, 9.17) is 9.26 Å². The Morgan fingerprint density at radius 3 is 2.88 bits per heavy atom. The molecule has 3 heterocycles. The number of aromatic amines is 1. The zero-order chi connectivity index (χ0) is 16.7. The van der Waals surface area contributed by atoms with Gasteiger partial charge in [0.25, 0.3) is 5.89 Å². The average molecular weight is 322 g/mol. The topological polar surface area (TPSA) is 76.8 Å². The summed E-state index contributed by atoms with van der Waals surface area (Å²) in [6.07, 6.45) is 2.62. The van der Waals surface area contributed by atoms with Crippen LogP contribution in [-0.4, -0.2) is 26.2 Å². The van der Waals surface area contributed by atoms with Crippen LogP contribution in [0.25, 0.3) is 33.4 Å². The molecule has 0 aliphatic rings. The molecule has 0 aliphatic carbocycles. The van der Waals surface area contributed by atoms with Crippen molar-refractivity contribution >= 4 is 21.8 Å². The number of pyridine rings is 1. The van der Waals surface area contributed by atoms with Gasteiger partial charge in [-0.25, -0.2) is 4.98 Å². The molecule has 24 heavy (non-hydrogen) atoms. The molecule has 6 heteroatoms. The van der Waals surface area contributed by atoms with Crippen LogP contribution in [0.5, 0.6) is 5.75 Å². The van der Waals surface area contributed by atoms with Crippen molar-refractivity contribution in [1.29, 1.82) is 0 Å². The molecule has 0 bridgehead atoms. The van der Waals surface area contributed by atoms with E-state index in [-0.39, 0.29) is 6.10 Å². The molecule has 0 aliphatic heterocycles. The van der Waals surface area contributed by atoms with Gasteiger partial charge in [0.1, 0.15) is 11.4 Å². The van der Waals surface area contributed by atoms with Crippen LogP contribution in [0, 0.1) is 0 Å². The van der Waals surface area contributed by atoms with Gasteiger partial charge < -0.3 is 14.2 Å². The molecule has 0 amide bonds. The quantitative estimate of drug-likeness (QED) is 0.611. The third-order valence-electron chi connectivity index (χ3n) is 3.83. The van der Waals surface area contributed by atoms with Crippen LogP contribution in [-0.2, 0) is 6.42 Å². The molecule has 4 aromatic rings. The SMILES string of the molecule is CCc1noc(-c2cc3c(cn2)[nH]c2cccc(OC(C)C)c23)n1. The highest BCUT2D eigenvalue weighted by Gasteiger charge is 2.15. The van der Waals surface area contributed by atoms with Crippen molar-refractivity contribution in [1.82, 2.24) is 20.1 Å². The molecule has 0 unspecified atom stereocenters. The fourth-order valence-electron chi connectivity index (χ4n) is 2.79. The van der Waals surface area contributed by atoms with Crippen molar-refractivity contribution in [2.75, 3.05) is 0 Å². The fourth-order valence-corrected chi connectivity index (χ4v) is 2.79. The molecule has 4 rings (SSSR count). The van der Waals surface area contributed by atoms with Crippen molar-refractivity contribution < 1.29 is 9.26 Å². The largest absolute Gasteiger partial charge is 0.490 e. The molecule has 0 atom stereocenters. The van der Waals surface area contributed by atoms with Crippen molar-refractivity contribution in [3.8, 4) is 17.3 Å². The number of benzene rings is 1. The Bertz CT molecular complexity index is 1020. The zero-order valence-electron chi connectivity index (χ0n) is 13.8. The van der Waals surface area contributed by atoms with Gasteiger partial charge in [0.2, 0.25) is 0 Å². The third kappa shape index (κ3) is 2.40. The number of H-pyrrole nitrogens is 1. The number of aryl methyl sites for hydroxylation is 1. The standard InChI is InChI=1S/C18H18N4O2/c1-4-16-21-18(24-22-16)13-8-11-14(9-19-13)20-12-6-5-7-15(17(11)12)23-10(2)3/h5-10,20H,4H2,1-3H3. The van der Waals surface area contributed by atoms with E-state index >= 15 is 0 Å². The Morgan fingerprint density at radius 2 is 2.12 bits per heavy atom. The van der Waals surface area contributed by atoms with Gasteiger partial charge in [-0.15, -0.1) is 0 Å². The highest BCUT2D eigenvalue weighted by atomic mass is 16.5. The maximum Gasteiger partial charge on any atom is 0.276 e. The molecule has 1 aromatic carbocycles. The van der Waals surface area contributed by atoms with E-state index in [0.29, 0.717) is 17.4 Å². The first-order chi connectivity index (χ1) is 11.7. The van der Waals surface area contributed by atoms with Crippen LogP contribution in [0.15, 0.2) is 35.0 Å². The zero-order valence-corrected chi connectivity index (χ0v) is 13.8. The Balaban J connectivity index is 1.92. The van der Waals surface area contributed by atoms with E-state index in [1.165, 1.54) is 0 Å². The minimum atomic E-state index is 0.102. The number of ether oxygens (including phenoxy) is 1. The Morgan fingerprint density at radius 1 is 1.25 bits per heavy atom. The van der Waals surface area contributed by atoms with E-state index in [2.05, 4.69) is 20.1 Å². The third-order valence-corrected chi connectivity index (χ3v) is 3.83. The Hall–Kier alpha value is -2.89. The van der Waals surface area contributed by atoms with E-state index in [1.807, 2.05) is 45.0 Å². The second-order valence-electron chi connectivity index (χ2n) is 5.95. The summed E-state index contributed by atoms with van der Waals surface area (Å²) in [5.41, 5.74) is 2.63. The van der Waals surface area contributed by atoms with Gasteiger partial charge in [-0.1, -0.05) is 18.1 Å². The van der Waals surface area contributed by atoms with E-state index < -0.39 is 0 Å². The molecule has 0 fully saturated rings. The summed E-state index contributed by atoms with van der Waals surface area (Å²) < 4.78 is 11.3. The molecule has 6 nitrogen and oxygen atoms in total. The summed E-state index contributed by atoms with van der Waals surface area (Å²) in [5.74, 6) is 1.96. The smallest absolute Gasteiger partial charge is 0.276 e. The lowest BCUT2D eigenvalue weighted by molar-refractivity contribution is 0.245. The minimum absolute atomic E-state index is 0.102. The number of aromatic nitrogens is 4. The van der Waals surface area contributed by atoms with Crippen molar-refractivity contribution in [2.24, 2.45) is 0 Å². The molecule has 122 valence electrons. The Labute approximate surface area is 138 Å². The summed E-state index contributed by atoms with van der Waals surface area (Å²) in [6, 6.07) is 7.96. The second-order valence-corrected chi connectivity index (χ2v) is 5.95. The number of rotatable bonds is 4. The van der Waals surface area contributed by atoms with Crippen molar-refractivity contribution in [3.63, 3.8) is 0 Å². The van der Waals surface area contributed by atoms with Crippen LogP contribution in [0.3, 0.4) is 0 Å². The van der Waals surface area contributed by atoms with Gasteiger partial charge in [0.05, 0.1) is 23.3 Å². The molecular formula is C18H18N4O2. The highest BCUT2D eigenvalue weighted by molar-refractivity contribution is 6.10. The number of fused-ring (bicyclic) bond motifs is 3. The molecular weight excluding hydrogens is 304 g/mol.